The van der Waals surface area contributed by atoms with Crippen LogP contribution in [-0.4, -0.2) is 9.78 Å². The molecule has 0 bridgehead atoms. The Hall–Kier alpha value is -1.82. The molecule has 2 aromatic rings. The summed E-state index contributed by atoms with van der Waals surface area (Å²) in [4.78, 5) is 0. The van der Waals surface area contributed by atoms with Gasteiger partial charge < -0.3 is 5.73 Å². The van der Waals surface area contributed by atoms with Crippen molar-refractivity contribution in [2.45, 2.75) is 19.1 Å². The van der Waals surface area contributed by atoms with Crippen molar-refractivity contribution in [1.82, 2.24) is 9.78 Å². The number of aryl methyl sites for hydroxylation is 1. The van der Waals surface area contributed by atoms with Gasteiger partial charge in [0, 0.05) is 24.2 Å². The second kappa shape index (κ2) is 4.70. The van der Waals surface area contributed by atoms with Gasteiger partial charge in [-0.2, -0.15) is 18.3 Å². The summed E-state index contributed by atoms with van der Waals surface area (Å²) in [5, 5.41) is 4.10. The summed E-state index contributed by atoms with van der Waals surface area (Å²) < 4.78 is 39.1. The van der Waals surface area contributed by atoms with Crippen LogP contribution in [0.25, 0.3) is 11.3 Å². The van der Waals surface area contributed by atoms with Crippen molar-refractivity contribution in [2.24, 2.45) is 12.8 Å². The normalized spacial score (nSPS) is 13.6. The third kappa shape index (κ3) is 2.63. The molecule has 102 valence electrons. The quantitative estimate of drug-likeness (QED) is 0.910. The lowest BCUT2D eigenvalue weighted by Gasteiger charge is -2.11. The number of halogens is 3. The van der Waals surface area contributed by atoms with E-state index in [1.54, 1.807) is 17.9 Å². The van der Waals surface area contributed by atoms with Crippen LogP contribution in [-0.2, 0) is 13.2 Å². The number of nitrogens with two attached hydrogens (primary N) is 1. The van der Waals surface area contributed by atoms with Crippen LogP contribution in [0.4, 0.5) is 13.2 Å². The van der Waals surface area contributed by atoms with E-state index in [0.717, 1.165) is 23.4 Å². The monoisotopic (exact) mass is 269 g/mol. The lowest BCUT2D eigenvalue weighted by Crippen LogP contribution is -2.07. The summed E-state index contributed by atoms with van der Waals surface area (Å²) in [6.45, 7) is 1.81. The zero-order valence-electron chi connectivity index (χ0n) is 10.6. The second-order valence-corrected chi connectivity index (χ2v) is 4.44. The van der Waals surface area contributed by atoms with E-state index in [0.29, 0.717) is 5.56 Å². The third-order valence-electron chi connectivity index (χ3n) is 2.94. The highest BCUT2D eigenvalue weighted by atomic mass is 19.4. The highest BCUT2D eigenvalue weighted by molar-refractivity contribution is 5.64. The van der Waals surface area contributed by atoms with Crippen LogP contribution < -0.4 is 5.73 Å². The average molecular weight is 269 g/mol. The summed E-state index contributed by atoms with van der Waals surface area (Å²) in [5.41, 5.74) is 7.38. The Morgan fingerprint density at radius 2 is 1.79 bits per heavy atom. The van der Waals surface area contributed by atoms with Gasteiger partial charge in [0.05, 0.1) is 17.5 Å². The smallest absolute Gasteiger partial charge is 0.324 e. The van der Waals surface area contributed by atoms with Crippen molar-refractivity contribution in [2.75, 3.05) is 0 Å². The standard InChI is InChI=1S/C13H14F3N3/c1-8(17)11-7-18-19(2)12(11)9-3-5-10(6-4-9)13(14,15)16/h3-8H,17H2,1-2H3. The molecule has 0 fully saturated rings. The van der Waals surface area contributed by atoms with Gasteiger partial charge in [-0.3, -0.25) is 4.68 Å². The maximum atomic E-state index is 12.5. The minimum Gasteiger partial charge on any atom is -0.324 e. The van der Waals surface area contributed by atoms with Crippen molar-refractivity contribution in [3.63, 3.8) is 0 Å². The first kappa shape index (κ1) is 13.6. The summed E-state index contributed by atoms with van der Waals surface area (Å²) >= 11 is 0. The van der Waals surface area contributed by atoms with Crippen molar-refractivity contribution in [3.8, 4) is 11.3 Å². The molecular formula is C13H14F3N3. The molecule has 2 N–H and O–H groups in total. The van der Waals surface area contributed by atoms with E-state index in [1.807, 2.05) is 6.92 Å². The van der Waals surface area contributed by atoms with Gasteiger partial charge in [-0.15, -0.1) is 0 Å². The minimum atomic E-state index is -4.32. The Labute approximate surface area is 108 Å². The molecule has 0 amide bonds. The molecule has 1 unspecified atom stereocenters. The van der Waals surface area contributed by atoms with Crippen LogP contribution in [0.5, 0.6) is 0 Å². The number of nitrogens with zero attached hydrogens (tertiary/aromatic N) is 2. The Kier molecular flexibility index (Phi) is 3.36. The van der Waals surface area contributed by atoms with Crippen molar-refractivity contribution in [1.29, 1.82) is 0 Å². The molecule has 2 rings (SSSR count). The predicted octanol–water partition coefficient (Wildman–Crippen LogP) is 3.13. The van der Waals surface area contributed by atoms with E-state index >= 15 is 0 Å². The van der Waals surface area contributed by atoms with Crippen molar-refractivity contribution < 1.29 is 13.2 Å². The molecule has 0 aliphatic heterocycles. The lowest BCUT2D eigenvalue weighted by atomic mass is 10.0. The predicted molar refractivity (Wildman–Crippen MR) is 66.2 cm³/mol. The fourth-order valence-corrected chi connectivity index (χ4v) is 1.96. The summed E-state index contributed by atoms with van der Waals surface area (Å²) in [6.07, 6.45) is -2.69. The van der Waals surface area contributed by atoms with Gasteiger partial charge in [-0.1, -0.05) is 12.1 Å². The van der Waals surface area contributed by atoms with Gasteiger partial charge in [0.1, 0.15) is 0 Å². The Bertz CT molecular complexity index is 568. The molecule has 6 heteroatoms. The van der Waals surface area contributed by atoms with E-state index < -0.39 is 11.7 Å². The number of alkyl halides is 3. The fourth-order valence-electron chi connectivity index (χ4n) is 1.96. The highest BCUT2D eigenvalue weighted by Crippen LogP contribution is 2.32. The van der Waals surface area contributed by atoms with E-state index in [9.17, 15) is 13.2 Å². The van der Waals surface area contributed by atoms with Crippen LogP contribution in [0, 0.1) is 0 Å². The first-order valence-electron chi connectivity index (χ1n) is 5.76. The number of aromatic nitrogens is 2. The van der Waals surface area contributed by atoms with Crippen LogP contribution in [0.15, 0.2) is 30.5 Å². The Balaban J connectivity index is 2.46. The number of hydrogen-bond donors (Lipinski definition) is 1. The number of hydrogen-bond acceptors (Lipinski definition) is 2. The van der Waals surface area contributed by atoms with E-state index in [-0.39, 0.29) is 6.04 Å². The van der Waals surface area contributed by atoms with Crippen LogP contribution in [0.2, 0.25) is 0 Å². The maximum absolute atomic E-state index is 12.5. The molecule has 0 saturated heterocycles. The van der Waals surface area contributed by atoms with E-state index in [4.69, 9.17) is 5.73 Å². The van der Waals surface area contributed by atoms with Crippen LogP contribution >= 0.6 is 0 Å². The molecular weight excluding hydrogens is 255 g/mol. The fraction of sp³-hybridized carbons (Fsp3) is 0.308. The third-order valence-corrected chi connectivity index (χ3v) is 2.94. The number of rotatable bonds is 2. The SMILES string of the molecule is CC(N)c1cnn(C)c1-c1ccc(C(F)(F)F)cc1. The zero-order chi connectivity index (χ0) is 14.2. The first-order valence-corrected chi connectivity index (χ1v) is 5.76. The number of benzene rings is 1. The molecule has 19 heavy (non-hydrogen) atoms. The molecule has 0 spiro atoms. The highest BCUT2D eigenvalue weighted by Gasteiger charge is 2.30. The minimum absolute atomic E-state index is 0.231. The van der Waals surface area contributed by atoms with Crippen molar-refractivity contribution >= 4 is 0 Å². The average Bonchev–Trinajstić information content (AvgIpc) is 2.70. The first-order chi connectivity index (χ1) is 8.80. The summed E-state index contributed by atoms with van der Waals surface area (Å²) in [6, 6.07) is 4.77. The van der Waals surface area contributed by atoms with E-state index in [1.165, 1.54) is 12.1 Å². The van der Waals surface area contributed by atoms with Gasteiger partial charge >= 0.3 is 6.18 Å². The molecule has 1 aromatic carbocycles. The van der Waals surface area contributed by atoms with Gasteiger partial charge in [-0.05, 0) is 19.1 Å². The van der Waals surface area contributed by atoms with Gasteiger partial charge in [0.15, 0.2) is 0 Å². The van der Waals surface area contributed by atoms with Gasteiger partial charge in [-0.25, -0.2) is 0 Å². The maximum Gasteiger partial charge on any atom is 0.416 e. The topological polar surface area (TPSA) is 43.8 Å². The van der Waals surface area contributed by atoms with Crippen LogP contribution in [0.1, 0.15) is 24.1 Å². The Morgan fingerprint density at radius 1 is 1.21 bits per heavy atom. The van der Waals surface area contributed by atoms with Gasteiger partial charge in [0.25, 0.3) is 0 Å². The molecule has 0 saturated carbocycles. The van der Waals surface area contributed by atoms with Crippen molar-refractivity contribution in [3.05, 3.63) is 41.6 Å². The van der Waals surface area contributed by atoms with Gasteiger partial charge in [0.2, 0.25) is 0 Å². The zero-order valence-corrected chi connectivity index (χ0v) is 10.6. The molecule has 1 heterocycles. The molecule has 1 aromatic heterocycles. The molecule has 0 radical (unpaired) electrons. The molecule has 0 aliphatic carbocycles. The second-order valence-electron chi connectivity index (χ2n) is 4.44. The largest absolute Gasteiger partial charge is 0.416 e. The lowest BCUT2D eigenvalue weighted by molar-refractivity contribution is -0.137. The molecule has 1 atom stereocenters. The molecule has 0 aliphatic rings. The Morgan fingerprint density at radius 3 is 2.26 bits per heavy atom. The van der Waals surface area contributed by atoms with E-state index in [2.05, 4.69) is 5.10 Å². The molecule has 3 nitrogen and oxygen atoms in total. The summed E-state index contributed by atoms with van der Waals surface area (Å²) in [5.74, 6) is 0. The summed E-state index contributed by atoms with van der Waals surface area (Å²) in [7, 11) is 1.74. The van der Waals surface area contributed by atoms with Crippen LogP contribution in [0.3, 0.4) is 0 Å².